The number of halogens is 1. The fourth-order valence-electron chi connectivity index (χ4n) is 2.89. The van der Waals surface area contributed by atoms with Crippen LogP contribution in [0.2, 0.25) is 0 Å². The maximum Gasteiger partial charge on any atom is 0.248 e. The van der Waals surface area contributed by atoms with Gasteiger partial charge >= 0.3 is 0 Å². The van der Waals surface area contributed by atoms with Gasteiger partial charge in [-0.15, -0.1) is 0 Å². The van der Waals surface area contributed by atoms with Gasteiger partial charge in [0.15, 0.2) is 0 Å². The molecule has 0 fully saturated rings. The van der Waals surface area contributed by atoms with Crippen molar-refractivity contribution in [2.24, 2.45) is 5.73 Å². The Morgan fingerprint density at radius 2 is 2.10 bits per heavy atom. The van der Waals surface area contributed by atoms with Gasteiger partial charge in [0.1, 0.15) is 5.82 Å². The van der Waals surface area contributed by atoms with Crippen molar-refractivity contribution in [1.82, 2.24) is 0 Å². The van der Waals surface area contributed by atoms with Crippen LogP contribution >= 0.6 is 0 Å². The summed E-state index contributed by atoms with van der Waals surface area (Å²) < 4.78 is 14.3. The van der Waals surface area contributed by atoms with E-state index in [1.165, 1.54) is 12.1 Å². The number of benzene rings is 1. The first-order chi connectivity index (χ1) is 10.1. The summed E-state index contributed by atoms with van der Waals surface area (Å²) in [7, 11) is 0. The molecule has 2 nitrogen and oxygen atoms in total. The lowest BCUT2D eigenvalue weighted by molar-refractivity contribution is 0.0999. The van der Waals surface area contributed by atoms with E-state index in [2.05, 4.69) is 13.0 Å². The first kappa shape index (κ1) is 17.4. The fourth-order valence-corrected chi connectivity index (χ4v) is 2.89. The van der Waals surface area contributed by atoms with Crippen LogP contribution in [0.25, 0.3) is 0 Å². The fraction of sp³-hybridized carbons (Fsp3) is 0.500. The minimum absolute atomic E-state index is 0.143. The second-order valence-corrected chi connectivity index (χ2v) is 5.31. The molecule has 1 aromatic carbocycles. The molecule has 0 aliphatic heterocycles. The molecule has 1 aromatic rings. The molecule has 116 valence electrons. The van der Waals surface area contributed by atoms with Crippen molar-refractivity contribution in [2.75, 3.05) is 0 Å². The summed E-state index contributed by atoms with van der Waals surface area (Å²) in [5.41, 5.74) is 7.35. The van der Waals surface area contributed by atoms with E-state index in [4.69, 9.17) is 5.73 Å². The lowest BCUT2D eigenvalue weighted by atomic mass is 9.84. The summed E-state index contributed by atoms with van der Waals surface area (Å²) in [4.78, 5) is 11.5. The average Bonchev–Trinajstić information content (AvgIpc) is 2.47. The molecule has 0 aliphatic rings. The molecule has 0 aliphatic carbocycles. The van der Waals surface area contributed by atoms with E-state index in [0.29, 0.717) is 17.5 Å². The van der Waals surface area contributed by atoms with Gasteiger partial charge in [-0.2, -0.15) is 0 Å². The molecule has 0 spiro atoms. The summed E-state index contributed by atoms with van der Waals surface area (Å²) in [5, 5.41) is 0. The van der Waals surface area contributed by atoms with Crippen molar-refractivity contribution < 1.29 is 9.18 Å². The maximum atomic E-state index is 14.3. The molecule has 21 heavy (non-hydrogen) atoms. The minimum Gasteiger partial charge on any atom is -0.366 e. The second-order valence-electron chi connectivity index (χ2n) is 5.31. The number of rotatable bonds is 8. The summed E-state index contributed by atoms with van der Waals surface area (Å²) in [6.07, 6.45) is 8.60. The van der Waals surface area contributed by atoms with Crippen molar-refractivity contribution in [3.63, 3.8) is 0 Å². The molecule has 1 atom stereocenters. The first-order valence-electron chi connectivity index (χ1n) is 7.78. The van der Waals surface area contributed by atoms with E-state index >= 15 is 0 Å². The second kappa shape index (κ2) is 8.60. The van der Waals surface area contributed by atoms with E-state index in [1.807, 2.05) is 19.9 Å². The average molecular weight is 291 g/mol. The van der Waals surface area contributed by atoms with Crippen LogP contribution in [-0.4, -0.2) is 5.91 Å². The van der Waals surface area contributed by atoms with Crippen molar-refractivity contribution >= 4 is 5.91 Å². The molecule has 0 aromatic heterocycles. The number of hydrogen-bond donors (Lipinski definition) is 1. The summed E-state index contributed by atoms with van der Waals surface area (Å²) in [6.45, 7) is 6.01. The molecule has 2 N–H and O–H groups in total. The van der Waals surface area contributed by atoms with Crippen LogP contribution in [0.3, 0.4) is 0 Å². The van der Waals surface area contributed by atoms with E-state index < -0.39 is 5.91 Å². The molecular weight excluding hydrogens is 265 g/mol. The number of carbonyl (C=O) groups excluding carboxylic acids is 1. The van der Waals surface area contributed by atoms with Gasteiger partial charge in [0.05, 0.1) is 0 Å². The van der Waals surface area contributed by atoms with Crippen molar-refractivity contribution in [1.29, 1.82) is 0 Å². The number of hydrogen-bond acceptors (Lipinski definition) is 1. The molecule has 0 heterocycles. The van der Waals surface area contributed by atoms with Crippen LogP contribution in [0.15, 0.2) is 24.3 Å². The van der Waals surface area contributed by atoms with Crippen molar-refractivity contribution in [3.05, 3.63) is 46.8 Å². The molecule has 1 unspecified atom stereocenters. The lowest BCUT2D eigenvalue weighted by Gasteiger charge is -2.21. The molecule has 0 saturated heterocycles. The van der Waals surface area contributed by atoms with E-state index in [-0.39, 0.29) is 11.7 Å². The van der Waals surface area contributed by atoms with Crippen LogP contribution in [-0.2, 0) is 6.42 Å². The first-order valence-corrected chi connectivity index (χ1v) is 7.78. The van der Waals surface area contributed by atoms with Crippen LogP contribution in [0.1, 0.15) is 73.9 Å². The lowest BCUT2D eigenvalue weighted by Crippen LogP contribution is -2.17. The quantitative estimate of drug-likeness (QED) is 0.546. The van der Waals surface area contributed by atoms with Crippen molar-refractivity contribution in [3.8, 4) is 0 Å². The third kappa shape index (κ3) is 4.42. The SMILES string of the molecule is CC=CCCCC(CC)c1c(F)ccc(C(N)=O)c1CC. The van der Waals surface area contributed by atoms with Crippen LogP contribution in [0.5, 0.6) is 0 Å². The Kier molecular flexibility index (Phi) is 7.13. The van der Waals surface area contributed by atoms with E-state index in [1.54, 1.807) is 0 Å². The summed E-state index contributed by atoms with van der Waals surface area (Å²) in [6, 6.07) is 2.88. The van der Waals surface area contributed by atoms with Gasteiger partial charge in [-0.3, -0.25) is 4.79 Å². The predicted octanol–water partition coefficient (Wildman–Crippen LogP) is 4.73. The van der Waals surface area contributed by atoms with Crippen LogP contribution in [0.4, 0.5) is 4.39 Å². The molecule has 0 bridgehead atoms. The Morgan fingerprint density at radius 3 is 2.62 bits per heavy atom. The maximum absolute atomic E-state index is 14.3. The molecule has 0 saturated carbocycles. The largest absolute Gasteiger partial charge is 0.366 e. The highest BCUT2D eigenvalue weighted by Gasteiger charge is 2.21. The van der Waals surface area contributed by atoms with Gasteiger partial charge in [0.25, 0.3) is 0 Å². The molecule has 0 radical (unpaired) electrons. The Bertz CT molecular complexity index is 508. The van der Waals surface area contributed by atoms with Gasteiger partial charge in [0.2, 0.25) is 5.91 Å². The number of primary amides is 1. The molecule has 1 rings (SSSR count). The highest BCUT2D eigenvalue weighted by Crippen LogP contribution is 2.32. The molecular formula is C18H26FNO. The van der Waals surface area contributed by atoms with Gasteiger partial charge in [-0.1, -0.05) is 26.0 Å². The van der Waals surface area contributed by atoms with Gasteiger partial charge in [-0.25, -0.2) is 4.39 Å². The Labute approximate surface area is 127 Å². The number of amides is 1. The number of carbonyl (C=O) groups is 1. The zero-order chi connectivity index (χ0) is 15.8. The highest BCUT2D eigenvalue weighted by molar-refractivity contribution is 5.94. The number of unbranched alkanes of at least 4 members (excludes halogenated alkanes) is 1. The third-order valence-corrected chi connectivity index (χ3v) is 3.98. The minimum atomic E-state index is -0.475. The smallest absolute Gasteiger partial charge is 0.248 e. The van der Waals surface area contributed by atoms with Crippen molar-refractivity contribution in [2.45, 2.75) is 58.8 Å². The highest BCUT2D eigenvalue weighted by atomic mass is 19.1. The Hall–Kier alpha value is -1.64. The number of allylic oxidation sites excluding steroid dienone is 2. The topological polar surface area (TPSA) is 43.1 Å². The number of nitrogens with two attached hydrogens (primary N) is 1. The van der Waals surface area contributed by atoms with Gasteiger partial charge in [0, 0.05) is 5.56 Å². The van der Waals surface area contributed by atoms with Gasteiger partial charge < -0.3 is 5.73 Å². The standard InChI is InChI=1S/C18H26FNO/c1-4-7-8-9-10-13(5-2)17-14(6-3)15(18(20)21)11-12-16(17)19/h4,7,11-13H,5-6,8-10H2,1-3H3,(H2,20,21). The predicted molar refractivity (Wildman–Crippen MR) is 86.0 cm³/mol. The van der Waals surface area contributed by atoms with E-state index in [0.717, 1.165) is 31.2 Å². The Balaban J connectivity index is 3.12. The Morgan fingerprint density at radius 1 is 1.38 bits per heavy atom. The molecule has 3 heteroatoms. The van der Waals surface area contributed by atoms with Crippen LogP contribution < -0.4 is 5.73 Å². The van der Waals surface area contributed by atoms with E-state index in [9.17, 15) is 9.18 Å². The zero-order valence-electron chi connectivity index (χ0n) is 13.3. The normalized spacial score (nSPS) is 12.8. The third-order valence-electron chi connectivity index (χ3n) is 3.98. The molecule has 1 amide bonds. The van der Waals surface area contributed by atoms with Gasteiger partial charge in [-0.05, 0) is 68.2 Å². The monoisotopic (exact) mass is 291 g/mol. The summed E-state index contributed by atoms with van der Waals surface area (Å²) in [5.74, 6) is -0.545. The summed E-state index contributed by atoms with van der Waals surface area (Å²) >= 11 is 0. The van der Waals surface area contributed by atoms with Crippen LogP contribution in [0, 0.1) is 5.82 Å². The zero-order valence-corrected chi connectivity index (χ0v) is 13.3.